The molecule has 0 radical (unpaired) electrons. The van der Waals surface area contributed by atoms with Crippen LogP contribution in [0.15, 0.2) is 27.4 Å². The van der Waals surface area contributed by atoms with Gasteiger partial charge < -0.3 is 9.15 Å². The number of nitrogens with zero attached hydrogens (tertiary/aromatic N) is 1. The lowest BCUT2D eigenvalue weighted by Crippen LogP contribution is -2.22. The van der Waals surface area contributed by atoms with Gasteiger partial charge in [0.25, 0.3) is 0 Å². The maximum atomic E-state index is 13.6. The van der Waals surface area contributed by atoms with Crippen LogP contribution in [0, 0.1) is 5.82 Å². The molecule has 0 fully saturated rings. The number of esters is 1. The molecule has 0 atom stereocenters. The number of halogens is 1. The number of fused-ring (bicyclic) bond motifs is 1. The Kier molecular flexibility index (Phi) is 3.99. The van der Waals surface area contributed by atoms with Gasteiger partial charge in [-0.15, -0.1) is 0 Å². The van der Waals surface area contributed by atoms with Gasteiger partial charge in [-0.3, -0.25) is 9.36 Å². The van der Waals surface area contributed by atoms with Crippen LogP contribution in [0.2, 0.25) is 0 Å². The summed E-state index contributed by atoms with van der Waals surface area (Å²) < 4.78 is 24.4. The van der Waals surface area contributed by atoms with Crippen molar-refractivity contribution in [2.45, 2.75) is 26.3 Å². The minimum atomic E-state index is -0.771. The highest BCUT2D eigenvalue weighted by atomic mass is 19.1. The second-order valence-corrected chi connectivity index (χ2v) is 4.11. The lowest BCUT2D eigenvalue weighted by Gasteiger charge is -2.04. The van der Waals surface area contributed by atoms with Crippen LogP contribution in [0.5, 0.6) is 0 Å². The quantitative estimate of drug-likeness (QED) is 0.614. The zero-order chi connectivity index (χ0) is 13.8. The Hall–Kier alpha value is -2.11. The number of carbonyl (C=O) groups is 1. The SMILES string of the molecule is CCCCOC(=O)Cn1c(=O)oc2cccc(F)c21. The Morgan fingerprint density at radius 3 is 3.00 bits per heavy atom. The molecule has 0 spiro atoms. The summed E-state index contributed by atoms with van der Waals surface area (Å²) in [5.41, 5.74) is 0.103. The first-order chi connectivity index (χ1) is 9.13. The molecule has 0 aliphatic carbocycles. The molecule has 0 N–H and O–H groups in total. The van der Waals surface area contributed by atoms with Crippen molar-refractivity contribution in [3.05, 3.63) is 34.6 Å². The summed E-state index contributed by atoms with van der Waals surface area (Å²) in [5, 5.41) is 0. The molecule has 0 aliphatic rings. The van der Waals surface area contributed by atoms with E-state index in [2.05, 4.69) is 0 Å². The zero-order valence-corrected chi connectivity index (χ0v) is 10.5. The fourth-order valence-corrected chi connectivity index (χ4v) is 1.73. The lowest BCUT2D eigenvalue weighted by atomic mass is 10.3. The van der Waals surface area contributed by atoms with Crippen LogP contribution in [-0.2, 0) is 16.1 Å². The Labute approximate surface area is 108 Å². The van der Waals surface area contributed by atoms with Crippen LogP contribution < -0.4 is 5.76 Å². The van der Waals surface area contributed by atoms with E-state index in [-0.39, 0.29) is 17.6 Å². The Morgan fingerprint density at radius 2 is 2.26 bits per heavy atom. The summed E-state index contributed by atoms with van der Waals surface area (Å²) in [4.78, 5) is 23.1. The van der Waals surface area contributed by atoms with E-state index in [0.29, 0.717) is 6.61 Å². The molecule has 19 heavy (non-hydrogen) atoms. The van der Waals surface area contributed by atoms with Crippen molar-refractivity contribution >= 4 is 17.1 Å². The molecule has 0 unspecified atom stereocenters. The van der Waals surface area contributed by atoms with Crippen LogP contribution in [0.3, 0.4) is 0 Å². The molecule has 2 aromatic rings. The molecular formula is C13H14FNO4. The van der Waals surface area contributed by atoms with Crippen molar-refractivity contribution in [2.75, 3.05) is 6.61 Å². The molecule has 0 amide bonds. The number of hydrogen-bond donors (Lipinski definition) is 0. The maximum absolute atomic E-state index is 13.6. The van der Waals surface area contributed by atoms with Gasteiger partial charge >= 0.3 is 11.7 Å². The van der Waals surface area contributed by atoms with Crippen LogP contribution >= 0.6 is 0 Å². The average Bonchev–Trinajstić information content (AvgIpc) is 2.67. The van der Waals surface area contributed by atoms with Gasteiger partial charge in [0.1, 0.15) is 12.1 Å². The lowest BCUT2D eigenvalue weighted by molar-refractivity contribution is -0.144. The minimum Gasteiger partial charge on any atom is -0.464 e. The largest absolute Gasteiger partial charge is 0.464 e. The van der Waals surface area contributed by atoms with Gasteiger partial charge in [-0.2, -0.15) is 0 Å². The maximum Gasteiger partial charge on any atom is 0.420 e. The van der Waals surface area contributed by atoms with Crippen LogP contribution in [0.25, 0.3) is 11.1 Å². The van der Waals surface area contributed by atoms with Crippen molar-refractivity contribution in [3.8, 4) is 0 Å². The van der Waals surface area contributed by atoms with Crippen LogP contribution in [0.1, 0.15) is 19.8 Å². The van der Waals surface area contributed by atoms with E-state index < -0.39 is 17.5 Å². The molecule has 1 heterocycles. The number of carbonyl (C=O) groups excluding carboxylic acids is 1. The summed E-state index contributed by atoms with van der Waals surface area (Å²) >= 11 is 0. The number of unbranched alkanes of at least 4 members (excludes halogenated alkanes) is 1. The fraction of sp³-hybridized carbons (Fsp3) is 0.385. The van der Waals surface area contributed by atoms with E-state index in [0.717, 1.165) is 17.4 Å². The smallest absolute Gasteiger partial charge is 0.420 e. The van der Waals surface area contributed by atoms with Gasteiger partial charge in [0.05, 0.1) is 6.61 Å². The molecule has 102 valence electrons. The molecular weight excluding hydrogens is 253 g/mol. The Bertz CT molecular complexity index is 644. The number of para-hydroxylation sites is 1. The third-order valence-electron chi connectivity index (χ3n) is 2.69. The Balaban J connectivity index is 2.23. The number of rotatable bonds is 5. The van der Waals surface area contributed by atoms with Crippen LogP contribution in [-0.4, -0.2) is 17.1 Å². The first-order valence-electron chi connectivity index (χ1n) is 6.07. The topological polar surface area (TPSA) is 61.4 Å². The third-order valence-corrected chi connectivity index (χ3v) is 2.69. The van der Waals surface area contributed by atoms with Crippen molar-refractivity contribution < 1.29 is 18.3 Å². The zero-order valence-electron chi connectivity index (χ0n) is 10.5. The average molecular weight is 267 g/mol. The van der Waals surface area contributed by atoms with Gasteiger partial charge in [0.2, 0.25) is 0 Å². The van der Waals surface area contributed by atoms with E-state index in [9.17, 15) is 14.0 Å². The molecule has 1 aromatic carbocycles. The standard InChI is InChI=1S/C13H14FNO4/c1-2-3-7-18-11(16)8-15-12-9(14)5-4-6-10(12)19-13(15)17/h4-6H,2-3,7-8H2,1H3. The van der Waals surface area contributed by atoms with E-state index in [4.69, 9.17) is 9.15 Å². The second kappa shape index (κ2) is 5.69. The summed E-state index contributed by atoms with van der Waals surface area (Å²) in [6.07, 6.45) is 1.65. The monoisotopic (exact) mass is 267 g/mol. The van der Waals surface area contributed by atoms with E-state index in [1.54, 1.807) is 0 Å². The highest BCUT2D eigenvalue weighted by Gasteiger charge is 2.16. The van der Waals surface area contributed by atoms with Crippen molar-refractivity contribution in [1.29, 1.82) is 0 Å². The number of aromatic nitrogens is 1. The molecule has 0 aliphatic heterocycles. The first-order valence-corrected chi connectivity index (χ1v) is 6.07. The molecule has 5 nitrogen and oxygen atoms in total. The first kappa shape index (κ1) is 13.3. The number of benzene rings is 1. The number of oxazole rings is 1. The van der Waals surface area contributed by atoms with Crippen LogP contribution in [0.4, 0.5) is 4.39 Å². The van der Waals surface area contributed by atoms with E-state index in [1.807, 2.05) is 6.92 Å². The highest BCUT2D eigenvalue weighted by molar-refractivity contribution is 5.76. The second-order valence-electron chi connectivity index (χ2n) is 4.11. The predicted molar refractivity (Wildman–Crippen MR) is 66.3 cm³/mol. The normalized spacial score (nSPS) is 10.8. The molecule has 0 saturated carbocycles. The fourth-order valence-electron chi connectivity index (χ4n) is 1.73. The molecule has 0 bridgehead atoms. The summed E-state index contributed by atoms with van der Waals surface area (Å²) in [6.45, 7) is 1.91. The Morgan fingerprint density at radius 1 is 1.47 bits per heavy atom. The van der Waals surface area contributed by atoms with Gasteiger partial charge in [-0.25, -0.2) is 9.18 Å². The van der Waals surface area contributed by atoms with Crippen molar-refractivity contribution in [1.82, 2.24) is 4.57 Å². The molecule has 6 heteroatoms. The highest BCUT2D eigenvalue weighted by Crippen LogP contribution is 2.16. The van der Waals surface area contributed by atoms with Crippen molar-refractivity contribution in [2.24, 2.45) is 0 Å². The summed E-state index contributed by atoms with van der Waals surface area (Å²) in [5.74, 6) is -1.96. The third kappa shape index (κ3) is 2.83. The van der Waals surface area contributed by atoms with Gasteiger partial charge in [0.15, 0.2) is 11.4 Å². The molecule has 1 aromatic heterocycles. The predicted octanol–water partition coefficient (Wildman–Crippen LogP) is 2.08. The molecule has 2 rings (SSSR count). The van der Waals surface area contributed by atoms with Gasteiger partial charge in [-0.1, -0.05) is 19.4 Å². The van der Waals surface area contributed by atoms with E-state index in [1.165, 1.54) is 18.2 Å². The molecule has 0 saturated heterocycles. The van der Waals surface area contributed by atoms with Crippen molar-refractivity contribution in [3.63, 3.8) is 0 Å². The van der Waals surface area contributed by atoms with Gasteiger partial charge in [-0.05, 0) is 18.6 Å². The number of ether oxygens (including phenoxy) is 1. The summed E-state index contributed by atoms with van der Waals surface area (Å²) in [6, 6.07) is 4.11. The summed E-state index contributed by atoms with van der Waals surface area (Å²) in [7, 11) is 0. The van der Waals surface area contributed by atoms with E-state index >= 15 is 0 Å². The van der Waals surface area contributed by atoms with Gasteiger partial charge in [0, 0.05) is 0 Å². The number of hydrogen-bond acceptors (Lipinski definition) is 4. The minimum absolute atomic E-state index is 0.0139.